The first kappa shape index (κ1) is 112. The fraction of sp³-hybridized carbons (Fsp3) is 0.784. The molecule has 13 atom stereocenters. The van der Waals surface area contributed by atoms with Crippen LogP contribution >= 0.6 is 0 Å². The maximum absolute atomic E-state index is 14.8. The average Bonchev–Trinajstić information content (AvgIpc) is 1.65. The molecule has 1 fully saturated rings. The Balaban J connectivity index is 3.46. The standard InChI is InChI=1S/C88H159N21O15/c1-14-15-16-17-18-19-20-21-22-23-24-25-26-37-75(117)107-76(55(8)9)73(115)48-62(35-30-41-102-88(97)98)84(124)109-42-31-36-67(109)72(114)51-64(54(6)7)83(123)104-58(13)69(111)49-63(50-74(89)116)82(122)103-57(12)68(110)45-59(32-27-38-99-85(91)92)79(119)105-65(43-52(2)3)70(112)46-60(33-28-39-100-86(93)94)80(120)106-66(44-53(4)5)71(113)47-61(34-29-40-101-87(95)96)81(121)108-77(56(10)11)78(90)118/h52-67,76-77H,14-51H2,1-13H3,(H2,89,116)(H2,90,118)(H,103,122)(H,104,123)(H,105,119)(H,106,120)(H,107,117)(H,108,121)(H4,91,92,99)(H4,93,94,100)(H4,95,96,101)(H4,97,98,102)/t57-,58-,59+,60+,61+,62+,63-,64-,65-,66-,67-,76-,77-/m0/s1. The zero-order valence-corrected chi connectivity index (χ0v) is 76.8. The van der Waals surface area contributed by atoms with Crippen LogP contribution in [0.25, 0.3) is 0 Å². The number of nitrogens with zero attached hydrogens (tertiary/aromatic N) is 1. The highest BCUT2D eigenvalue weighted by molar-refractivity contribution is 6.00. The van der Waals surface area contributed by atoms with Crippen LogP contribution in [-0.4, -0.2) is 192 Å². The van der Waals surface area contributed by atoms with Gasteiger partial charge in [0.25, 0.3) is 0 Å². The van der Waals surface area contributed by atoms with Crippen molar-refractivity contribution in [1.29, 1.82) is 21.6 Å². The number of nitrogens with two attached hydrogens (primary N) is 6. The highest BCUT2D eigenvalue weighted by Crippen LogP contribution is 2.30. The van der Waals surface area contributed by atoms with E-state index in [1.807, 2.05) is 27.7 Å². The number of carbonyl (C=O) groups excluding carboxylic acids is 15. The lowest BCUT2D eigenvalue weighted by atomic mass is 9.86. The van der Waals surface area contributed by atoms with Gasteiger partial charge in [-0.1, -0.05) is 153 Å². The number of amides is 9. The van der Waals surface area contributed by atoms with Crippen molar-refractivity contribution in [2.24, 2.45) is 99.5 Å². The van der Waals surface area contributed by atoms with Gasteiger partial charge in [0.1, 0.15) is 6.04 Å². The molecule has 1 aliphatic heterocycles. The predicted octanol–water partition coefficient (Wildman–Crippen LogP) is 5.33. The number of nitrogens with one attached hydrogen (secondary N) is 14. The number of unbranched alkanes of at least 4 members (excludes halogenated alkanes) is 12. The molecule has 0 spiro atoms. The molecule has 0 saturated carbocycles. The minimum Gasteiger partial charge on any atom is -0.370 e. The summed E-state index contributed by atoms with van der Waals surface area (Å²) in [6.07, 6.45) is 14.2. The Bertz CT molecular complexity index is 3460. The maximum Gasteiger partial charge on any atom is 0.240 e. The molecule has 124 heavy (non-hydrogen) atoms. The van der Waals surface area contributed by atoms with E-state index >= 15 is 0 Å². The number of Topliss-reactive ketones (excluding diaryl/α,β-unsaturated/α-hetero) is 6. The smallest absolute Gasteiger partial charge is 0.240 e. The number of carbonyl (C=O) groups is 15. The van der Waals surface area contributed by atoms with Crippen LogP contribution in [-0.2, 0) is 71.9 Å². The number of ketones is 6. The normalized spacial score (nSPS) is 15.6. The van der Waals surface area contributed by atoms with Gasteiger partial charge in [-0.2, -0.15) is 0 Å². The minimum atomic E-state index is -1.47. The lowest BCUT2D eigenvalue weighted by molar-refractivity contribution is -0.144. The van der Waals surface area contributed by atoms with Crippen molar-refractivity contribution in [3.8, 4) is 0 Å². The second-order valence-electron chi connectivity index (χ2n) is 35.9. The summed E-state index contributed by atoms with van der Waals surface area (Å²) in [7, 11) is 0. The van der Waals surface area contributed by atoms with Gasteiger partial charge in [-0.15, -0.1) is 0 Å². The SMILES string of the molecule is CCCCCCCCCCCCCCCC(=O)N[C@H](C(=O)C[C@@H](CCCNC(=N)N)C(=O)N1CCC[C@H]1C(=O)C[C@H](C(=O)N[C@@H](C)C(=O)C[C@@H](CC(N)=O)C(=O)N[C@@H](C)C(=O)C[C@@H](CCCNC(=N)N)C(=O)N[C@@H](CC(C)C)C(=O)C[C@@H](CCCNC(=N)N)C(=O)N[C@@H](CC(C)C)C(=O)C[C@@H](CCCNC(=N)N)C(=O)N[C@H](C(N)=O)C(C)C)C(C)C)C(C)C. The number of primary amides is 2. The summed E-state index contributed by atoms with van der Waals surface area (Å²) in [5.41, 5.74) is 33.4. The first-order chi connectivity index (χ1) is 58.3. The van der Waals surface area contributed by atoms with Gasteiger partial charge in [-0.05, 0) is 127 Å². The summed E-state index contributed by atoms with van der Waals surface area (Å²) >= 11 is 0. The van der Waals surface area contributed by atoms with Crippen LogP contribution in [0.1, 0.15) is 302 Å². The molecule has 0 bridgehead atoms. The summed E-state index contributed by atoms with van der Waals surface area (Å²) in [6.45, 7) is 23.5. The molecule has 1 heterocycles. The summed E-state index contributed by atoms with van der Waals surface area (Å²) in [5, 5.41) is 57.8. The third-order valence-electron chi connectivity index (χ3n) is 22.8. The van der Waals surface area contributed by atoms with Gasteiger partial charge in [0.05, 0.1) is 42.2 Å². The summed E-state index contributed by atoms with van der Waals surface area (Å²) in [4.78, 5) is 213. The lowest BCUT2D eigenvalue weighted by Crippen LogP contribution is -2.51. The number of guanidine groups is 4. The van der Waals surface area contributed by atoms with E-state index in [0.29, 0.717) is 19.3 Å². The van der Waals surface area contributed by atoms with Crippen molar-refractivity contribution in [2.45, 2.75) is 344 Å². The number of likely N-dealkylation sites (tertiary alicyclic amines) is 1. The predicted molar refractivity (Wildman–Crippen MR) is 480 cm³/mol. The van der Waals surface area contributed by atoms with Gasteiger partial charge in [0, 0.05) is 114 Å². The minimum absolute atomic E-state index is 0.0219. The van der Waals surface area contributed by atoms with Crippen LogP contribution in [0, 0.1) is 86.7 Å². The molecular weight excluding hydrogens is 1590 g/mol. The van der Waals surface area contributed by atoms with E-state index in [1.54, 1.807) is 41.5 Å². The van der Waals surface area contributed by atoms with Crippen LogP contribution in [0.15, 0.2) is 0 Å². The van der Waals surface area contributed by atoms with E-state index in [9.17, 15) is 71.9 Å². The number of hydrogen-bond donors (Lipinski definition) is 20. The molecule has 0 unspecified atom stereocenters. The van der Waals surface area contributed by atoms with Crippen molar-refractivity contribution in [3.05, 3.63) is 0 Å². The van der Waals surface area contributed by atoms with Crippen molar-refractivity contribution in [1.82, 2.24) is 58.1 Å². The third kappa shape index (κ3) is 47.4. The molecular formula is C88H159N21O15. The zero-order valence-electron chi connectivity index (χ0n) is 76.8. The second kappa shape index (κ2) is 61.6. The monoisotopic (exact) mass is 1750 g/mol. The van der Waals surface area contributed by atoms with Crippen LogP contribution < -0.4 is 87.6 Å². The van der Waals surface area contributed by atoms with E-state index in [0.717, 1.165) is 19.3 Å². The Morgan fingerprint density at radius 1 is 0.363 bits per heavy atom. The molecule has 706 valence electrons. The first-order valence-corrected chi connectivity index (χ1v) is 45.5. The van der Waals surface area contributed by atoms with E-state index in [1.165, 1.54) is 76.5 Å². The van der Waals surface area contributed by atoms with Crippen molar-refractivity contribution >= 4 is 112 Å². The summed E-state index contributed by atoms with van der Waals surface area (Å²) in [5.74, 6) is -19.0. The molecule has 1 aliphatic rings. The molecule has 0 aliphatic carbocycles. The Kier molecular flexibility index (Phi) is 55.8. The van der Waals surface area contributed by atoms with E-state index in [2.05, 4.69) is 60.1 Å². The average molecular weight is 1750 g/mol. The Hall–Kier alpha value is -9.67. The molecule has 9 amide bonds. The Morgan fingerprint density at radius 3 is 1.09 bits per heavy atom. The molecule has 0 radical (unpaired) electrons. The number of hydrogen-bond acceptors (Lipinski definition) is 19. The van der Waals surface area contributed by atoms with Gasteiger partial charge < -0.3 is 92.5 Å². The lowest BCUT2D eigenvalue weighted by Gasteiger charge is -2.31. The van der Waals surface area contributed by atoms with E-state index in [4.69, 9.17) is 56.0 Å². The fourth-order valence-electron chi connectivity index (χ4n) is 15.5. The number of rotatable bonds is 70. The highest BCUT2D eigenvalue weighted by atomic mass is 16.2. The summed E-state index contributed by atoms with van der Waals surface area (Å²) < 4.78 is 0. The molecule has 0 aromatic carbocycles. The van der Waals surface area contributed by atoms with E-state index in [-0.39, 0.29) is 176 Å². The van der Waals surface area contributed by atoms with Gasteiger partial charge in [0.2, 0.25) is 53.2 Å². The molecule has 0 aromatic rings. The molecule has 1 saturated heterocycles. The van der Waals surface area contributed by atoms with Crippen LogP contribution in [0.3, 0.4) is 0 Å². The van der Waals surface area contributed by atoms with Crippen molar-refractivity contribution < 1.29 is 71.9 Å². The van der Waals surface area contributed by atoms with Gasteiger partial charge >= 0.3 is 0 Å². The van der Waals surface area contributed by atoms with Crippen LogP contribution in [0.4, 0.5) is 0 Å². The second-order valence-corrected chi connectivity index (χ2v) is 35.9. The third-order valence-corrected chi connectivity index (χ3v) is 22.8. The molecule has 36 nitrogen and oxygen atoms in total. The largest absolute Gasteiger partial charge is 0.370 e. The van der Waals surface area contributed by atoms with Crippen LogP contribution in [0.5, 0.6) is 0 Å². The zero-order chi connectivity index (χ0) is 93.9. The van der Waals surface area contributed by atoms with Crippen molar-refractivity contribution in [3.63, 3.8) is 0 Å². The topological polar surface area (TPSA) is 631 Å². The molecule has 0 aromatic heterocycles. The fourth-order valence-corrected chi connectivity index (χ4v) is 15.5. The van der Waals surface area contributed by atoms with Gasteiger partial charge in [0.15, 0.2) is 58.5 Å². The quantitative estimate of drug-likeness (QED) is 0.0208. The first-order valence-electron chi connectivity index (χ1n) is 45.5. The maximum atomic E-state index is 14.8. The van der Waals surface area contributed by atoms with Gasteiger partial charge in [-0.25, -0.2) is 0 Å². The highest BCUT2D eigenvalue weighted by Gasteiger charge is 2.42. The Labute approximate surface area is 736 Å². The van der Waals surface area contributed by atoms with E-state index < -0.39 is 191 Å². The summed E-state index contributed by atoms with van der Waals surface area (Å²) in [6, 6.07) is -7.97. The van der Waals surface area contributed by atoms with Crippen LogP contribution in [0.2, 0.25) is 0 Å². The Morgan fingerprint density at radius 2 is 0.718 bits per heavy atom. The molecule has 26 N–H and O–H groups in total. The molecule has 36 heteroatoms. The van der Waals surface area contributed by atoms with Gasteiger partial charge in [-0.3, -0.25) is 93.6 Å². The molecule has 1 rings (SSSR count). The van der Waals surface area contributed by atoms with Crippen molar-refractivity contribution in [2.75, 3.05) is 32.7 Å².